The van der Waals surface area contributed by atoms with Gasteiger partial charge in [0, 0.05) is 56.6 Å². The summed E-state index contributed by atoms with van der Waals surface area (Å²) in [6, 6.07) is 19.0. The lowest BCUT2D eigenvalue weighted by Gasteiger charge is -2.36. The minimum Gasteiger partial charge on any atom is -0.368 e. The van der Waals surface area contributed by atoms with E-state index in [0.29, 0.717) is 22.2 Å². The van der Waals surface area contributed by atoms with Gasteiger partial charge < -0.3 is 10.2 Å². The summed E-state index contributed by atoms with van der Waals surface area (Å²) < 4.78 is 0. The SMILES string of the molecule is O=C(NCC=CCN1CCN(c2cccc(Cl)c2Cl)CC1)c1ccc(-c2ccccn2)cc1. The number of nitrogens with one attached hydrogen (secondary N) is 1. The Hall–Kier alpha value is -2.86. The molecule has 1 aliphatic rings. The van der Waals surface area contributed by atoms with E-state index in [2.05, 4.69) is 26.2 Å². The van der Waals surface area contributed by atoms with Crippen LogP contribution in [0.25, 0.3) is 11.3 Å². The number of pyridine rings is 1. The monoisotopic (exact) mass is 480 g/mol. The number of benzene rings is 2. The Balaban J connectivity index is 1.18. The average molecular weight is 481 g/mol. The number of piperazine rings is 1. The van der Waals surface area contributed by atoms with E-state index in [-0.39, 0.29) is 5.91 Å². The van der Waals surface area contributed by atoms with Gasteiger partial charge in [-0.3, -0.25) is 14.7 Å². The fourth-order valence-corrected chi connectivity index (χ4v) is 4.21. The van der Waals surface area contributed by atoms with Gasteiger partial charge in [-0.05, 0) is 36.4 Å². The molecule has 170 valence electrons. The van der Waals surface area contributed by atoms with Gasteiger partial charge in [-0.1, -0.05) is 59.6 Å². The number of halogens is 2. The number of hydrogen-bond acceptors (Lipinski definition) is 4. The second-order valence-electron chi connectivity index (χ2n) is 7.83. The predicted octanol–water partition coefficient (Wildman–Crippen LogP) is 5.16. The molecule has 0 bridgehead atoms. The standard InChI is InChI=1S/C26H26Cl2N4O/c27-22-6-5-8-24(25(22)28)32-18-16-31(17-19-32)15-4-3-14-30-26(33)21-11-9-20(10-12-21)23-7-1-2-13-29-23/h1-13H,14-19H2,(H,30,33). The van der Waals surface area contributed by atoms with Crippen molar-refractivity contribution in [1.82, 2.24) is 15.2 Å². The zero-order chi connectivity index (χ0) is 23.0. The lowest BCUT2D eigenvalue weighted by molar-refractivity contribution is 0.0958. The number of anilines is 1. The van der Waals surface area contributed by atoms with E-state index >= 15 is 0 Å². The van der Waals surface area contributed by atoms with Crippen molar-refractivity contribution >= 4 is 34.8 Å². The second kappa shape index (κ2) is 11.3. The summed E-state index contributed by atoms with van der Waals surface area (Å²) in [7, 11) is 0. The van der Waals surface area contributed by atoms with Crippen molar-refractivity contribution in [2.75, 3.05) is 44.2 Å². The molecule has 1 aliphatic heterocycles. The molecule has 1 saturated heterocycles. The van der Waals surface area contributed by atoms with Crippen molar-refractivity contribution in [2.45, 2.75) is 0 Å². The van der Waals surface area contributed by atoms with Crippen molar-refractivity contribution in [3.8, 4) is 11.3 Å². The number of hydrogen-bond donors (Lipinski definition) is 1. The maximum atomic E-state index is 12.4. The van der Waals surface area contributed by atoms with E-state index in [4.69, 9.17) is 23.2 Å². The predicted molar refractivity (Wildman–Crippen MR) is 136 cm³/mol. The molecular weight excluding hydrogens is 455 g/mol. The number of carbonyl (C=O) groups excluding carboxylic acids is 1. The van der Waals surface area contributed by atoms with Gasteiger partial charge in [0.1, 0.15) is 0 Å². The van der Waals surface area contributed by atoms with Crippen molar-refractivity contribution in [3.63, 3.8) is 0 Å². The fraction of sp³-hybridized carbons (Fsp3) is 0.231. The molecule has 2 aromatic carbocycles. The molecule has 4 rings (SSSR count). The molecule has 0 radical (unpaired) electrons. The summed E-state index contributed by atoms with van der Waals surface area (Å²) in [5.74, 6) is -0.0840. The van der Waals surface area contributed by atoms with Crippen molar-refractivity contribution in [3.05, 3.63) is 94.6 Å². The van der Waals surface area contributed by atoms with E-state index in [1.165, 1.54) is 0 Å². The Labute approximate surface area is 204 Å². The maximum Gasteiger partial charge on any atom is 0.251 e. The molecule has 0 saturated carbocycles. The van der Waals surface area contributed by atoms with Gasteiger partial charge in [0.25, 0.3) is 5.91 Å². The molecule has 1 N–H and O–H groups in total. The summed E-state index contributed by atoms with van der Waals surface area (Å²) in [4.78, 5) is 21.4. The van der Waals surface area contributed by atoms with Crippen LogP contribution in [0.3, 0.4) is 0 Å². The van der Waals surface area contributed by atoms with Crippen LogP contribution < -0.4 is 10.2 Å². The van der Waals surface area contributed by atoms with Crippen LogP contribution in [0.15, 0.2) is 79.0 Å². The van der Waals surface area contributed by atoms with E-state index < -0.39 is 0 Å². The topological polar surface area (TPSA) is 48.5 Å². The van der Waals surface area contributed by atoms with Crippen molar-refractivity contribution < 1.29 is 4.79 Å². The van der Waals surface area contributed by atoms with Crippen LogP contribution in [0, 0.1) is 0 Å². The van der Waals surface area contributed by atoms with Gasteiger partial charge in [0.15, 0.2) is 0 Å². The van der Waals surface area contributed by atoms with Gasteiger partial charge in [-0.15, -0.1) is 0 Å². The maximum absolute atomic E-state index is 12.4. The van der Waals surface area contributed by atoms with Crippen LogP contribution in [0.5, 0.6) is 0 Å². The summed E-state index contributed by atoms with van der Waals surface area (Å²) in [5.41, 5.74) is 3.52. The number of carbonyl (C=O) groups is 1. The average Bonchev–Trinajstić information content (AvgIpc) is 2.86. The molecule has 3 aromatic rings. The lowest BCUT2D eigenvalue weighted by Crippen LogP contribution is -2.46. The smallest absolute Gasteiger partial charge is 0.251 e. The molecule has 0 aliphatic carbocycles. The Morgan fingerprint density at radius 2 is 1.73 bits per heavy atom. The first kappa shape index (κ1) is 23.3. The molecule has 1 fully saturated rings. The Morgan fingerprint density at radius 1 is 0.939 bits per heavy atom. The zero-order valence-electron chi connectivity index (χ0n) is 18.3. The van der Waals surface area contributed by atoms with Crippen LogP contribution in [-0.2, 0) is 0 Å². The Kier molecular flexibility index (Phi) is 8.00. The minimum atomic E-state index is -0.0840. The summed E-state index contributed by atoms with van der Waals surface area (Å²) >= 11 is 12.5. The van der Waals surface area contributed by atoms with Crippen LogP contribution >= 0.6 is 23.2 Å². The second-order valence-corrected chi connectivity index (χ2v) is 8.62. The highest BCUT2D eigenvalue weighted by molar-refractivity contribution is 6.43. The van der Waals surface area contributed by atoms with Crippen LogP contribution in [0.1, 0.15) is 10.4 Å². The number of nitrogens with zero attached hydrogens (tertiary/aromatic N) is 3. The van der Waals surface area contributed by atoms with E-state index in [0.717, 1.165) is 49.7 Å². The van der Waals surface area contributed by atoms with E-state index in [9.17, 15) is 4.79 Å². The van der Waals surface area contributed by atoms with Gasteiger partial charge in [-0.25, -0.2) is 0 Å². The van der Waals surface area contributed by atoms with Crippen LogP contribution in [-0.4, -0.2) is 55.1 Å². The first-order valence-electron chi connectivity index (χ1n) is 11.0. The molecule has 0 spiro atoms. The highest BCUT2D eigenvalue weighted by atomic mass is 35.5. The molecule has 5 nitrogen and oxygen atoms in total. The Morgan fingerprint density at radius 3 is 2.45 bits per heavy atom. The van der Waals surface area contributed by atoms with E-state index in [1.807, 2.05) is 66.7 Å². The van der Waals surface area contributed by atoms with Gasteiger partial charge >= 0.3 is 0 Å². The molecule has 2 heterocycles. The highest BCUT2D eigenvalue weighted by Crippen LogP contribution is 2.32. The first-order valence-corrected chi connectivity index (χ1v) is 11.7. The molecule has 1 amide bonds. The molecular formula is C26H26Cl2N4O. The first-order chi connectivity index (χ1) is 16.1. The normalized spacial score (nSPS) is 14.5. The van der Waals surface area contributed by atoms with Gasteiger partial charge in [-0.2, -0.15) is 0 Å². The third-order valence-corrected chi connectivity index (χ3v) is 6.47. The summed E-state index contributed by atoms with van der Waals surface area (Å²) in [5, 5.41) is 4.15. The number of amides is 1. The Bertz CT molecular complexity index is 1100. The third kappa shape index (κ3) is 6.14. The molecule has 33 heavy (non-hydrogen) atoms. The summed E-state index contributed by atoms with van der Waals surface area (Å²) in [6.07, 6.45) is 5.87. The quantitative estimate of drug-likeness (QED) is 0.474. The highest BCUT2D eigenvalue weighted by Gasteiger charge is 2.18. The minimum absolute atomic E-state index is 0.0840. The van der Waals surface area contributed by atoms with Crippen LogP contribution in [0.4, 0.5) is 5.69 Å². The van der Waals surface area contributed by atoms with Crippen molar-refractivity contribution in [2.24, 2.45) is 0 Å². The lowest BCUT2D eigenvalue weighted by atomic mass is 10.1. The molecule has 0 unspecified atom stereocenters. The molecule has 0 atom stereocenters. The number of rotatable bonds is 7. The fourth-order valence-electron chi connectivity index (χ4n) is 3.79. The van der Waals surface area contributed by atoms with E-state index in [1.54, 1.807) is 6.20 Å². The molecule has 1 aromatic heterocycles. The largest absolute Gasteiger partial charge is 0.368 e. The zero-order valence-corrected chi connectivity index (χ0v) is 19.8. The van der Waals surface area contributed by atoms with Gasteiger partial charge in [0.05, 0.1) is 21.4 Å². The number of aromatic nitrogens is 1. The van der Waals surface area contributed by atoms with Crippen LogP contribution in [0.2, 0.25) is 10.0 Å². The van der Waals surface area contributed by atoms with Gasteiger partial charge in [0.2, 0.25) is 0 Å². The third-order valence-electron chi connectivity index (χ3n) is 5.66. The van der Waals surface area contributed by atoms with Crippen molar-refractivity contribution in [1.29, 1.82) is 0 Å². The molecule has 7 heteroatoms. The summed E-state index contributed by atoms with van der Waals surface area (Å²) in [6.45, 7) is 5.05.